The Hall–Kier alpha value is -4.64. The summed E-state index contributed by atoms with van der Waals surface area (Å²) in [7, 11) is 0. The predicted molar refractivity (Wildman–Crippen MR) is 140 cm³/mol. The summed E-state index contributed by atoms with van der Waals surface area (Å²) in [4.78, 5) is 40.0. The van der Waals surface area contributed by atoms with E-state index in [2.05, 4.69) is 11.4 Å². The first-order valence-electron chi connectivity index (χ1n) is 12.5. The van der Waals surface area contributed by atoms with Crippen molar-refractivity contribution < 1.29 is 23.9 Å². The molecule has 3 aromatic rings. The topological polar surface area (TPSA) is 109 Å². The minimum atomic E-state index is -0.692. The zero-order chi connectivity index (χ0) is 26.7. The second-order valence-electron chi connectivity index (χ2n) is 9.05. The molecule has 1 saturated heterocycles. The van der Waals surface area contributed by atoms with Crippen molar-refractivity contribution in [2.24, 2.45) is 0 Å². The van der Waals surface area contributed by atoms with Gasteiger partial charge in [-0.2, -0.15) is 5.26 Å². The first-order valence-corrected chi connectivity index (χ1v) is 12.5. The predicted octanol–water partition coefficient (Wildman–Crippen LogP) is 4.11. The summed E-state index contributed by atoms with van der Waals surface area (Å²) < 4.78 is 11.2. The molecule has 0 saturated carbocycles. The molecule has 0 aromatic heterocycles. The van der Waals surface area contributed by atoms with Crippen molar-refractivity contribution in [3.8, 4) is 11.8 Å². The molecule has 38 heavy (non-hydrogen) atoms. The molecule has 0 aliphatic carbocycles. The lowest BCUT2D eigenvalue weighted by molar-refractivity contribution is -0.145. The van der Waals surface area contributed by atoms with E-state index >= 15 is 0 Å². The summed E-state index contributed by atoms with van der Waals surface area (Å²) in [6.07, 6.45) is 1.90. The van der Waals surface area contributed by atoms with E-state index in [-0.39, 0.29) is 25.5 Å². The highest BCUT2D eigenvalue weighted by Crippen LogP contribution is 2.16. The number of hydrogen-bond acceptors (Lipinski definition) is 6. The SMILES string of the molecule is N#Cc1cccc(OCC(CC(=O)OCc2ccccc2)NC(=O)c2ccc(C(=O)N3CCCC3)cc2)c1. The van der Waals surface area contributed by atoms with Gasteiger partial charge in [0, 0.05) is 24.2 Å². The number of nitrogens with one attached hydrogen (secondary N) is 1. The van der Waals surface area contributed by atoms with Crippen LogP contribution in [0.2, 0.25) is 0 Å². The summed E-state index contributed by atoms with van der Waals surface area (Å²) in [6.45, 7) is 1.62. The number of esters is 1. The Morgan fingerprint density at radius 1 is 0.921 bits per heavy atom. The molecule has 1 atom stereocenters. The van der Waals surface area contributed by atoms with E-state index in [1.807, 2.05) is 35.2 Å². The molecule has 1 heterocycles. The summed E-state index contributed by atoms with van der Waals surface area (Å²) in [6, 6.07) is 23.8. The Labute approximate surface area is 221 Å². The molecule has 8 heteroatoms. The summed E-state index contributed by atoms with van der Waals surface area (Å²) in [5.41, 5.74) is 2.19. The van der Waals surface area contributed by atoms with Crippen LogP contribution in [0.3, 0.4) is 0 Å². The first kappa shape index (κ1) is 26.4. The van der Waals surface area contributed by atoms with Crippen LogP contribution in [0, 0.1) is 11.3 Å². The molecule has 4 rings (SSSR count). The van der Waals surface area contributed by atoms with Crippen LogP contribution in [-0.2, 0) is 16.1 Å². The van der Waals surface area contributed by atoms with Gasteiger partial charge in [-0.25, -0.2) is 0 Å². The van der Waals surface area contributed by atoms with Crippen molar-refractivity contribution in [2.45, 2.75) is 31.9 Å². The fraction of sp³-hybridized carbons (Fsp3) is 0.267. The first-order chi connectivity index (χ1) is 18.5. The Balaban J connectivity index is 1.40. The molecule has 1 N–H and O–H groups in total. The van der Waals surface area contributed by atoms with E-state index in [1.54, 1.807) is 48.5 Å². The number of nitrogens with zero attached hydrogens (tertiary/aromatic N) is 2. The molecule has 1 fully saturated rings. The number of carbonyl (C=O) groups is 3. The monoisotopic (exact) mass is 511 g/mol. The van der Waals surface area contributed by atoms with Crippen LogP contribution in [0.4, 0.5) is 0 Å². The molecule has 1 aliphatic rings. The average molecular weight is 512 g/mol. The van der Waals surface area contributed by atoms with Gasteiger partial charge in [0.1, 0.15) is 19.0 Å². The number of amides is 2. The van der Waals surface area contributed by atoms with Gasteiger partial charge in [-0.3, -0.25) is 14.4 Å². The maximum Gasteiger partial charge on any atom is 0.308 e. The normalized spacial score (nSPS) is 13.3. The van der Waals surface area contributed by atoms with Crippen molar-refractivity contribution >= 4 is 17.8 Å². The van der Waals surface area contributed by atoms with E-state index in [9.17, 15) is 14.4 Å². The second-order valence-corrected chi connectivity index (χ2v) is 9.05. The van der Waals surface area contributed by atoms with Gasteiger partial charge in [-0.05, 0) is 60.9 Å². The van der Waals surface area contributed by atoms with E-state index in [1.165, 1.54) is 0 Å². The van der Waals surface area contributed by atoms with E-state index in [4.69, 9.17) is 14.7 Å². The fourth-order valence-corrected chi connectivity index (χ4v) is 4.14. The van der Waals surface area contributed by atoms with Crippen LogP contribution in [0.5, 0.6) is 5.75 Å². The third-order valence-electron chi connectivity index (χ3n) is 6.19. The molecular weight excluding hydrogens is 482 g/mol. The van der Waals surface area contributed by atoms with Crippen molar-refractivity contribution in [1.29, 1.82) is 5.26 Å². The van der Waals surface area contributed by atoms with Crippen molar-refractivity contribution in [2.75, 3.05) is 19.7 Å². The van der Waals surface area contributed by atoms with Gasteiger partial charge in [-0.15, -0.1) is 0 Å². The smallest absolute Gasteiger partial charge is 0.308 e. The van der Waals surface area contributed by atoms with Crippen LogP contribution < -0.4 is 10.1 Å². The van der Waals surface area contributed by atoms with Gasteiger partial charge < -0.3 is 19.7 Å². The Morgan fingerprint density at radius 2 is 1.63 bits per heavy atom. The highest BCUT2D eigenvalue weighted by molar-refractivity contribution is 5.98. The largest absolute Gasteiger partial charge is 0.491 e. The zero-order valence-electron chi connectivity index (χ0n) is 21.0. The molecule has 3 aromatic carbocycles. The van der Waals surface area contributed by atoms with Crippen LogP contribution >= 0.6 is 0 Å². The fourth-order valence-electron chi connectivity index (χ4n) is 4.14. The summed E-state index contributed by atoms with van der Waals surface area (Å²) >= 11 is 0. The number of benzene rings is 3. The number of nitriles is 1. The number of likely N-dealkylation sites (tertiary alicyclic amines) is 1. The lowest BCUT2D eigenvalue weighted by Gasteiger charge is -2.19. The quantitative estimate of drug-likeness (QED) is 0.411. The maximum atomic E-state index is 13.0. The number of hydrogen-bond donors (Lipinski definition) is 1. The molecule has 0 spiro atoms. The van der Waals surface area contributed by atoms with Crippen LogP contribution in [0.25, 0.3) is 0 Å². The van der Waals surface area contributed by atoms with Gasteiger partial charge in [0.25, 0.3) is 11.8 Å². The second kappa shape index (κ2) is 13.1. The molecular formula is C30H29N3O5. The van der Waals surface area contributed by atoms with Gasteiger partial charge in [0.15, 0.2) is 0 Å². The maximum absolute atomic E-state index is 13.0. The molecule has 1 aliphatic heterocycles. The molecule has 1 unspecified atom stereocenters. The Kier molecular flexibility index (Phi) is 9.08. The Bertz CT molecular complexity index is 1300. The third kappa shape index (κ3) is 7.43. The minimum Gasteiger partial charge on any atom is -0.491 e. The standard InChI is InChI=1S/C30H29N3O5/c31-19-23-9-6-10-27(17-23)37-21-26(18-28(34)38-20-22-7-2-1-3-8-22)32-29(35)24-11-13-25(14-12-24)30(36)33-15-4-5-16-33/h1-3,6-14,17,26H,4-5,15-16,18,20-21H2,(H,32,35). The number of carbonyl (C=O) groups excluding carboxylic acids is 3. The minimum absolute atomic E-state index is 0.00735. The molecule has 0 bridgehead atoms. The highest BCUT2D eigenvalue weighted by atomic mass is 16.5. The lowest BCUT2D eigenvalue weighted by atomic mass is 10.1. The van der Waals surface area contributed by atoms with Crippen molar-refractivity contribution in [1.82, 2.24) is 10.2 Å². The van der Waals surface area contributed by atoms with E-state index in [0.717, 1.165) is 31.5 Å². The average Bonchev–Trinajstić information content (AvgIpc) is 3.50. The van der Waals surface area contributed by atoms with E-state index < -0.39 is 17.9 Å². The van der Waals surface area contributed by atoms with Crippen LogP contribution in [0.1, 0.15) is 51.1 Å². The molecule has 0 radical (unpaired) electrons. The van der Waals surface area contributed by atoms with Crippen LogP contribution in [-0.4, -0.2) is 48.4 Å². The van der Waals surface area contributed by atoms with Crippen LogP contribution in [0.15, 0.2) is 78.9 Å². The van der Waals surface area contributed by atoms with Crippen molar-refractivity contribution in [3.63, 3.8) is 0 Å². The van der Waals surface area contributed by atoms with Gasteiger partial charge in [0.05, 0.1) is 24.1 Å². The summed E-state index contributed by atoms with van der Waals surface area (Å²) in [5, 5.41) is 12.0. The number of ether oxygens (including phenoxy) is 2. The molecule has 8 nitrogen and oxygen atoms in total. The lowest BCUT2D eigenvalue weighted by Crippen LogP contribution is -2.41. The molecule has 2 amide bonds. The zero-order valence-corrected chi connectivity index (χ0v) is 21.0. The summed E-state index contributed by atoms with van der Waals surface area (Å²) in [5.74, 6) is -0.479. The van der Waals surface area contributed by atoms with Crippen molar-refractivity contribution in [3.05, 3.63) is 101 Å². The van der Waals surface area contributed by atoms with Gasteiger partial charge in [0.2, 0.25) is 0 Å². The number of rotatable bonds is 10. The Morgan fingerprint density at radius 3 is 2.34 bits per heavy atom. The van der Waals surface area contributed by atoms with E-state index in [0.29, 0.717) is 22.4 Å². The molecule has 194 valence electrons. The third-order valence-corrected chi connectivity index (χ3v) is 6.19. The highest BCUT2D eigenvalue weighted by Gasteiger charge is 2.22. The van der Waals surface area contributed by atoms with Gasteiger partial charge in [-0.1, -0.05) is 36.4 Å². The van der Waals surface area contributed by atoms with Gasteiger partial charge >= 0.3 is 5.97 Å².